The summed E-state index contributed by atoms with van der Waals surface area (Å²) >= 11 is 0. The summed E-state index contributed by atoms with van der Waals surface area (Å²) < 4.78 is 0. The molecular weight excluding hydrogens is 94.1 g/mol. The van der Waals surface area contributed by atoms with Gasteiger partial charge in [0.2, 0.25) is 0 Å². The molecule has 0 heterocycles. The van der Waals surface area contributed by atoms with Gasteiger partial charge in [-0.15, -0.1) is 0 Å². The lowest BCUT2D eigenvalue weighted by molar-refractivity contribution is 1.15. The Hall–Kier alpha value is 0.310. The Kier molecular flexibility index (Phi) is 3.68. The molecule has 0 saturated heterocycles. The molecular formula is C4H12NS+. The normalized spacial score (nSPS) is 10.0. The molecule has 0 aliphatic rings. The number of nitrogens with two attached hydrogens (primary N) is 1. The van der Waals surface area contributed by atoms with Crippen molar-refractivity contribution >= 4 is 10.9 Å². The predicted molar refractivity (Wildman–Crippen MR) is 33.1 cm³/mol. The summed E-state index contributed by atoms with van der Waals surface area (Å²) in [6.07, 6.45) is 4.40. The highest BCUT2D eigenvalue weighted by Crippen LogP contribution is 1.76. The molecule has 0 spiro atoms. The maximum Gasteiger partial charge on any atom is 0.119 e. The highest BCUT2D eigenvalue weighted by molar-refractivity contribution is 7.95. The van der Waals surface area contributed by atoms with Gasteiger partial charge in [0.25, 0.3) is 0 Å². The van der Waals surface area contributed by atoms with Gasteiger partial charge < -0.3 is 5.73 Å². The number of hydrogen-bond donors (Lipinski definition) is 1. The molecule has 0 fully saturated rings. The summed E-state index contributed by atoms with van der Waals surface area (Å²) in [5, 5.41) is 0. The van der Waals surface area contributed by atoms with E-state index >= 15 is 0 Å². The minimum absolute atomic E-state index is 0.559. The van der Waals surface area contributed by atoms with Gasteiger partial charge in [0.15, 0.2) is 0 Å². The van der Waals surface area contributed by atoms with E-state index in [1.807, 2.05) is 0 Å². The third-order valence-corrected chi connectivity index (χ3v) is 1.58. The first kappa shape index (κ1) is 6.31. The number of rotatable bonds is 2. The highest BCUT2D eigenvalue weighted by atomic mass is 32.2. The summed E-state index contributed by atoms with van der Waals surface area (Å²) in [5.41, 5.74) is 5.24. The van der Waals surface area contributed by atoms with Crippen LogP contribution in [0, 0.1) is 0 Å². The average molecular weight is 106 g/mol. The van der Waals surface area contributed by atoms with Crippen LogP contribution in [0.15, 0.2) is 0 Å². The molecule has 38 valence electrons. The molecule has 0 aliphatic carbocycles. The molecule has 6 heavy (non-hydrogen) atoms. The van der Waals surface area contributed by atoms with Gasteiger partial charge in [0.1, 0.15) is 5.75 Å². The zero-order valence-electron chi connectivity index (χ0n) is 4.40. The van der Waals surface area contributed by atoms with Crippen molar-refractivity contribution in [3.63, 3.8) is 0 Å². The Bertz CT molecular complexity index is 28.7. The molecule has 0 aromatic heterocycles. The van der Waals surface area contributed by atoms with Crippen molar-refractivity contribution in [3.8, 4) is 0 Å². The molecule has 0 saturated carbocycles. The maximum atomic E-state index is 5.24. The molecule has 0 aromatic rings. The van der Waals surface area contributed by atoms with Crippen molar-refractivity contribution in [1.82, 2.24) is 0 Å². The SMILES string of the molecule is C[S+](C)CCN. The van der Waals surface area contributed by atoms with Gasteiger partial charge in [0.05, 0.1) is 12.5 Å². The van der Waals surface area contributed by atoms with Crippen LogP contribution in [-0.4, -0.2) is 24.8 Å². The molecule has 0 bridgehead atoms. The van der Waals surface area contributed by atoms with Crippen molar-refractivity contribution in [1.29, 1.82) is 0 Å². The molecule has 2 heteroatoms. The van der Waals surface area contributed by atoms with Crippen LogP contribution in [0.2, 0.25) is 0 Å². The Morgan fingerprint density at radius 1 is 1.50 bits per heavy atom. The second kappa shape index (κ2) is 3.50. The topological polar surface area (TPSA) is 26.0 Å². The van der Waals surface area contributed by atoms with Gasteiger partial charge in [-0.2, -0.15) is 0 Å². The smallest absolute Gasteiger partial charge is 0.119 e. The van der Waals surface area contributed by atoms with E-state index in [2.05, 4.69) is 12.5 Å². The summed E-state index contributed by atoms with van der Waals surface area (Å²) in [4.78, 5) is 0. The van der Waals surface area contributed by atoms with Crippen LogP contribution >= 0.6 is 0 Å². The maximum absolute atomic E-state index is 5.24. The van der Waals surface area contributed by atoms with Crippen LogP contribution in [0.1, 0.15) is 0 Å². The first-order valence-corrected chi connectivity index (χ1v) is 4.22. The first-order valence-electron chi connectivity index (χ1n) is 2.01. The molecule has 0 atom stereocenters. The van der Waals surface area contributed by atoms with Crippen LogP contribution in [0.4, 0.5) is 0 Å². The molecule has 2 N–H and O–H groups in total. The zero-order valence-corrected chi connectivity index (χ0v) is 5.22. The number of hydrogen-bond acceptors (Lipinski definition) is 1. The molecule has 0 unspecified atom stereocenters. The molecule has 1 nitrogen and oxygen atoms in total. The Balaban J connectivity index is 2.63. The Morgan fingerprint density at radius 2 is 2.00 bits per heavy atom. The fourth-order valence-corrected chi connectivity index (χ4v) is 0.707. The molecule has 0 rings (SSSR count). The average Bonchev–Trinajstić information content (AvgIpc) is 1.35. The van der Waals surface area contributed by atoms with Crippen LogP contribution < -0.4 is 5.73 Å². The van der Waals surface area contributed by atoms with Crippen LogP contribution in [0.25, 0.3) is 0 Å². The standard InChI is InChI=1S/C4H12NS/c1-6(2)4-3-5/h3-5H2,1-2H3/q+1. The lowest BCUT2D eigenvalue weighted by Gasteiger charge is -1.87. The van der Waals surface area contributed by atoms with Gasteiger partial charge in [-0.25, -0.2) is 0 Å². The fraction of sp³-hybridized carbons (Fsp3) is 1.00. The fourth-order valence-electron chi connectivity index (χ4n) is 0.236. The predicted octanol–water partition coefficient (Wildman–Crippen LogP) is -0.177. The Labute approximate surface area is 42.3 Å². The minimum Gasteiger partial charge on any atom is -0.326 e. The quantitative estimate of drug-likeness (QED) is 0.486. The van der Waals surface area contributed by atoms with E-state index in [4.69, 9.17) is 5.73 Å². The summed E-state index contributed by atoms with van der Waals surface area (Å²) in [5.74, 6) is 1.18. The Morgan fingerprint density at radius 3 is 2.00 bits per heavy atom. The summed E-state index contributed by atoms with van der Waals surface area (Å²) in [6, 6.07) is 0. The van der Waals surface area contributed by atoms with Crippen LogP contribution in [-0.2, 0) is 10.9 Å². The minimum atomic E-state index is 0.559. The highest BCUT2D eigenvalue weighted by Gasteiger charge is 1.95. The molecule has 0 radical (unpaired) electrons. The van der Waals surface area contributed by atoms with Crippen molar-refractivity contribution in [3.05, 3.63) is 0 Å². The summed E-state index contributed by atoms with van der Waals surface area (Å²) in [6.45, 7) is 0.843. The van der Waals surface area contributed by atoms with Gasteiger partial charge >= 0.3 is 0 Å². The van der Waals surface area contributed by atoms with Crippen LogP contribution in [0.3, 0.4) is 0 Å². The van der Waals surface area contributed by atoms with Crippen molar-refractivity contribution < 1.29 is 0 Å². The monoisotopic (exact) mass is 106 g/mol. The van der Waals surface area contributed by atoms with Gasteiger partial charge in [-0.1, -0.05) is 0 Å². The van der Waals surface area contributed by atoms with E-state index in [-0.39, 0.29) is 0 Å². The van der Waals surface area contributed by atoms with E-state index in [0.717, 1.165) is 6.54 Å². The third-order valence-electron chi connectivity index (χ3n) is 0.526. The van der Waals surface area contributed by atoms with E-state index < -0.39 is 0 Å². The first-order chi connectivity index (χ1) is 2.77. The molecule has 0 aromatic carbocycles. The van der Waals surface area contributed by atoms with E-state index in [1.165, 1.54) is 5.75 Å². The van der Waals surface area contributed by atoms with Crippen molar-refractivity contribution in [2.45, 2.75) is 0 Å². The van der Waals surface area contributed by atoms with Gasteiger partial charge in [-0.3, -0.25) is 0 Å². The summed E-state index contributed by atoms with van der Waals surface area (Å²) in [7, 11) is 0.559. The second-order valence-corrected chi connectivity index (χ2v) is 3.86. The second-order valence-electron chi connectivity index (χ2n) is 1.48. The largest absolute Gasteiger partial charge is 0.326 e. The lowest BCUT2D eigenvalue weighted by Crippen LogP contribution is -2.12. The zero-order chi connectivity index (χ0) is 4.99. The molecule has 0 amide bonds. The lowest BCUT2D eigenvalue weighted by atomic mass is 10.8. The van der Waals surface area contributed by atoms with Crippen molar-refractivity contribution in [2.24, 2.45) is 5.73 Å². The van der Waals surface area contributed by atoms with Gasteiger partial charge in [0, 0.05) is 6.54 Å². The third kappa shape index (κ3) is 4.31. The van der Waals surface area contributed by atoms with Gasteiger partial charge in [-0.05, 0) is 10.9 Å². The van der Waals surface area contributed by atoms with E-state index in [0.29, 0.717) is 10.9 Å². The van der Waals surface area contributed by atoms with E-state index in [1.54, 1.807) is 0 Å². The van der Waals surface area contributed by atoms with Crippen molar-refractivity contribution in [2.75, 3.05) is 24.8 Å². The molecule has 0 aliphatic heterocycles. The van der Waals surface area contributed by atoms with E-state index in [9.17, 15) is 0 Å². The van der Waals surface area contributed by atoms with Crippen LogP contribution in [0.5, 0.6) is 0 Å².